The van der Waals surface area contributed by atoms with Crippen LogP contribution in [0.1, 0.15) is 59.9 Å². The highest BCUT2D eigenvalue weighted by molar-refractivity contribution is 5.95. The third kappa shape index (κ3) is 2.63. The lowest BCUT2D eigenvalue weighted by Crippen LogP contribution is -2.29. The molecule has 7 nitrogen and oxygen atoms in total. The number of fused-ring (bicyclic) bond motifs is 1. The topological polar surface area (TPSA) is 77.6 Å². The van der Waals surface area contributed by atoms with Gasteiger partial charge in [0, 0.05) is 25.7 Å². The average Bonchev–Trinajstić information content (AvgIpc) is 2.95. The van der Waals surface area contributed by atoms with E-state index in [1.54, 1.807) is 10.9 Å². The standard InChI is InChI=1S/C15H22N6O/c1-10(17-15(22)12-9-16-20(3)11(12)2)14-19-18-13-7-5-4-6-8-21(13)14/h9-10H,4-8H2,1-3H3,(H,17,22)/t10-/m0/s1. The fourth-order valence-corrected chi connectivity index (χ4v) is 2.89. The van der Waals surface area contributed by atoms with Gasteiger partial charge in [-0.3, -0.25) is 9.48 Å². The lowest BCUT2D eigenvalue weighted by atomic mass is 10.2. The molecular formula is C15H22N6O. The maximum absolute atomic E-state index is 12.4. The molecular weight excluding hydrogens is 280 g/mol. The molecule has 0 fully saturated rings. The van der Waals surface area contributed by atoms with E-state index in [0.717, 1.165) is 43.1 Å². The van der Waals surface area contributed by atoms with Crippen molar-refractivity contribution in [3.63, 3.8) is 0 Å². The van der Waals surface area contributed by atoms with E-state index in [1.807, 2.05) is 20.9 Å². The van der Waals surface area contributed by atoms with Crippen LogP contribution >= 0.6 is 0 Å². The highest BCUT2D eigenvalue weighted by Gasteiger charge is 2.22. The lowest BCUT2D eigenvalue weighted by Gasteiger charge is -2.15. The summed E-state index contributed by atoms with van der Waals surface area (Å²) in [4.78, 5) is 12.4. The normalized spacial score (nSPS) is 16.0. The minimum absolute atomic E-state index is 0.121. The molecule has 0 spiro atoms. The maximum Gasteiger partial charge on any atom is 0.255 e. The fraction of sp³-hybridized carbons (Fsp3) is 0.600. The molecule has 1 atom stereocenters. The molecule has 0 aromatic carbocycles. The molecule has 2 aromatic rings. The van der Waals surface area contributed by atoms with Crippen LogP contribution < -0.4 is 5.32 Å². The number of hydrogen-bond donors (Lipinski definition) is 1. The quantitative estimate of drug-likeness (QED) is 0.933. The first-order valence-electron chi connectivity index (χ1n) is 7.79. The zero-order chi connectivity index (χ0) is 15.7. The van der Waals surface area contributed by atoms with Gasteiger partial charge >= 0.3 is 0 Å². The SMILES string of the molecule is Cc1c(C(=O)N[C@@H](C)c2nnc3n2CCCCC3)cnn1C. The summed E-state index contributed by atoms with van der Waals surface area (Å²) in [5, 5.41) is 15.7. The zero-order valence-corrected chi connectivity index (χ0v) is 13.3. The maximum atomic E-state index is 12.4. The van der Waals surface area contributed by atoms with E-state index in [4.69, 9.17) is 0 Å². The Hall–Kier alpha value is -2.18. The average molecular weight is 302 g/mol. The van der Waals surface area contributed by atoms with Crippen molar-refractivity contribution in [1.82, 2.24) is 29.9 Å². The van der Waals surface area contributed by atoms with Gasteiger partial charge in [0.2, 0.25) is 0 Å². The first-order chi connectivity index (χ1) is 10.6. The Bertz CT molecular complexity index is 686. The molecule has 3 heterocycles. The van der Waals surface area contributed by atoms with Gasteiger partial charge < -0.3 is 9.88 Å². The van der Waals surface area contributed by atoms with E-state index in [9.17, 15) is 4.79 Å². The number of aromatic nitrogens is 5. The summed E-state index contributed by atoms with van der Waals surface area (Å²) >= 11 is 0. The summed E-state index contributed by atoms with van der Waals surface area (Å²) in [5.74, 6) is 1.75. The van der Waals surface area contributed by atoms with Crippen molar-refractivity contribution >= 4 is 5.91 Å². The van der Waals surface area contributed by atoms with Crippen molar-refractivity contribution in [2.45, 2.75) is 52.1 Å². The third-order valence-corrected chi connectivity index (χ3v) is 4.35. The summed E-state index contributed by atoms with van der Waals surface area (Å²) in [6.45, 7) is 4.77. The van der Waals surface area contributed by atoms with Gasteiger partial charge in [-0.15, -0.1) is 10.2 Å². The molecule has 1 N–H and O–H groups in total. The van der Waals surface area contributed by atoms with Crippen molar-refractivity contribution in [3.8, 4) is 0 Å². The molecule has 0 saturated heterocycles. The number of nitrogens with one attached hydrogen (secondary N) is 1. The summed E-state index contributed by atoms with van der Waals surface area (Å²) in [5.41, 5.74) is 1.45. The monoisotopic (exact) mass is 302 g/mol. The molecule has 0 aliphatic carbocycles. The summed E-state index contributed by atoms with van der Waals surface area (Å²) in [6.07, 6.45) is 6.09. The molecule has 0 saturated carbocycles. The van der Waals surface area contributed by atoms with Crippen LogP contribution in [0.2, 0.25) is 0 Å². The van der Waals surface area contributed by atoms with Gasteiger partial charge in [0.25, 0.3) is 5.91 Å². The molecule has 2 aromatic heterocycles. The van der Waals surface area contributed by atoms with Crippen molar-refractivity contribution in [1.29, 1.82) is 0 Å². The Morgan fingerprint density at radius 2 is 2.14 bits per heavy atom. The van der Waals surface area contributed by atoms with Gasteiger partial charge in [-0.05, 0) is 26.7 Å². The molecule has 1 aliphatic rings. The van der Waals surface area contributed by atoms with Crippen LogP contribution in [0.4, 0.5) is 0 Å². The summed E-state index contributed by atoms with van der Waals surface area (Å²) < 4.78 is 3.86. The second-order valence-electron chi connectivity index (χ2n) is 5.90. The van der Waals surface area contributed by atoms with Crippen LogP contribution in [0, 0.1) is 6.92 Å². The van der Waals surface area contributed by atoms with Crippen molar-refractivity contribution in [2.75, 3.05) is 0 Å². The lowest BCUT2D eigenvalue weighted by molar-refractivity contribution is 0.0936. The van der Waals surface area contributed by atoms with E-state index in [0.29, 0.717) is 5.56 Å². The molecule has 7 heteroatoms. The molecule has 22 heavy (non-hydrogen) atoms. The fourth-order valence-electron chi connectivity index (χ4n) is 2.89. The van der Waals surface area contributed by atoms with E-state index < -0.39 is 0 Å². The van der Waals surface area contributed by atoms with Gasteiger partial charge in [-0.1, -0.05) is 6.42 Å². The van der Waals surface area contributed by atoms with Crippen LogP contribution in [0.5, 0.6) is 0 Å². The number of rotatable bonds is 3. The Balaban J connectivity index is 1.77. The summed E-state index contributed by atoms with van der Waals surface area (Å²) in [7, 11) is 1.83. The van der Waals surface area contributed by atoms with E-state index in [2.05, 4.69) is 25.2 Å². The molecule has 0 radical (unpaired) electrons. The van der Waals surface area contributed by atoms with Crippen LogP contribution in [-0.2, 0) is 20.0 Å². The van der Waals surface area contributed by atoms with Crippen LogP contribution in [0.25, 0.3) is 0 Å². The molecule has 1 amide bonds. The van der Waals surface area contributed by atoms with Gasteiger partial charge in [0.1, 0.15) is 5.82 Å². The molecule has 3 rings (SSSR count). The first kappa shape index (κ1) is 14.7. The van der Waals surface area contributed by atoms with E-state index in [-0.39, 0.29) is 11.9 Å². The van der Waals surface area contributed by atoms with E-state index in [1.165, 1.54) is 6.42 Å². The van der Waals surface area contributed by atoms with Crippen molar-refractivity contribution in [2.24, 2.45) is 7.05 Å². The molecule has 1 aliphatic heterocycles. The smallest absolute Gasteiger partial charge is 0.255 e. The summed E-state index contributed by atoms with van der Waals surface area (Å²) in [6, 6.07) is -0.175. The van der Waals surface area contributed by atoms with Gasteiger partial charge in [0.15, 0.2) is 5.82 Å². The Labute approximate surface area is 129 Å². The predicted octanol–water partition coefficient (Wildman–Crippen LogP) is 1.54. The zero-order valence-electron chi connectivity index (χ0n) is 13.3. The van der Waals surface area contributed by atoms with Gasteiger partial charge in [-0.25, -0.2) is 0 Å². The van der Waals surface area contributed by atoms with Crippen LogP contribution in [-0.4, -0.2) is 30.5 Å². The van der Waals surface area contributed by atoms with Gasteiger partial charge in [-0.2, -0.15) is 5.10 Å². The van der Waals surface area contributed by atoms with Gasteiger partial charge in [0.05, 0.1) is 17.8 Å². The largest absolute Gasteiger partial charge is 0.342 e. The Kier molecular flexibility index (Phi) is 3.96. The number of hydrogen-bond acceptors (Lipinski definition) is 4. The second-order valence-corrected chi connectivity index (χ2v) is 5.90. The Morgan fingerprint density at radius 1 is 1.32 bits per heavy atom. The Morgan fingerprint density at radius 3 is 2.86 bits per heavy atom. The minimum atomic E-state index is -0.175. The molecule has 0 unspecified atom stereocenters. The van der Waals surface area contributed by atoms with Crippen molar-refractivity contribution in [3.05, 3.63) is 29.1 Å². The van der Waals surface area contributed by atoms with Crippen LogP contribution in [0.15, 0.2) is 6.20 Å². The second kappa shape index (κ2) is 5.90. The molecule has 0 bridgehead atoms. The predicted molar refractivity (Wildman–Crippen MR) is 81.4 cm³/mol. The first-order valence-corrected chi connectivity index (χ1v) is 7.79. The van der Waals surface area contributed by atoms with Crippen LogP contribution in [0.3, 0.4) is 0 Å². The highest BCUT2D eigenvalue weighted by atomic mass is 16.1. The highest BCUT2D eigenvalue weighted by Crippen LogP contribution is 2.19. The molecule has 118 valence electrons. The third-order valence-electron chi connectivity index (χ3n) is 4.35. The number of nitrogens with zero attached hydrogens (tertiary/aromatic N) is 5. The van der Waals surface area contributed by atoms with Crippen molar-refractivity contribution < 1.29 is 4.79 Å². The minimum Gasteiger partial charge on any atom is -0.342 e. The number of amides is 1. The number of carbonyl (C=O) groups is 1. The number of aryl methyl sites for hydroxylation is 2. The number of carbonyl (C=O) groups excluding carboxylic acids is 1. The van der Waals surface area contributed by atoms with E-state index >= 15 is 0 Å².